The van der Waals surface area contributed by atoms with Crippen molar-refractivity contribution in [3.8, 4) is 0 Å². The maximum absolute atomic E-state index is 8.35. The molecule has 1 aromatic carbocycles. The van der Waals surface area contributed by atoms with Crippen LogP contribution in [0.25, 0.3) is 5.47 Å². The third-order valence-electron chi connectivity index (χ3n) is 11.6. The quantitative estimate of drug-likeness (QED) is 0.274. The summed E-state index contributed by atoms with van der Waals surface area (Å²) in [4.78, 5) is 0. The summed E-state index contributed by atoms with van der Waals surface area (Å²) in [6.07, 6.45) is 14.0. The van der Waals surface area contributed by atoms with E-state index in [1.54, 1.807) is 6.21 Å². The predicted molar refractivity (Wildman–Crippen MR) is 168 cm³/mol. The molecule has 212 valence electrons. The monoisotopic (exact) mass is 530 g/mol. The van der Waals surface area contributed by atoms with Crippen LogP contribution in [0, 0.1) is 22.2 Å². The van der Waals surface area contributed by atoms with Gasteiger partial charge in [-0.25, -0.2) is 0 Å². The molecule has 2 heterocycles. The highest BCUT2D eigenvalue weighted by Crippen LogP contribution is 2.57. The van der Waals surface area contributed by atoms with Crippen LogP contribution in [0.15, 0.2) is 23.7 Å². The molecule has 0 radical (unpaired) electrons. The molecule has 0 amide bonds. The minimum Gasteiger partial charge on any atom is -0.400 e. The van der Waals surface area contributed by atoms with Crippen LogP contribution in [0.1, 0.15) is 118 Å². The van der Waals surface area contributed by atoms with Gasteiger partial charge in [-0.1, -0.05) is 77.6 Å². The Hall–Kier alpha value is -1.52. The lowest BCUT2D eigenvalue weighted by Gasteiger charge is -2.35. The first-order valence-electron chi connectivity index (χ1n) is 15.8. The van der Waals surface area contributed by atoms with Crippen molar-refractivity contribution in [3.63, 3.8) is 0 Å². The molecule has 0 atom stereocenters. The summed E-state index contributed by atoms with van der Waals surface area (Å²) in [6, 6.07) is 7.38. The second-order valence-corrected chi connectivity index (χ2v) is 15.4. The summed E-state index contributed by atoms with van der Waals surface area (Å²) < 4.78 is 13.6. The minimum absolute atomic E-state index is 0.246. The molecule has 2 aliphatic heterocycles. The molecule has 6 heteroatoms. The van der Waals surface area contributed by atoms with E-state index in [0.717, 1.165) is 23.9 Å². The lowest BCUT2D eigenvalue weighted by molar-refractivity contribution is 0.00578. The van der Waals surface area contributed by atoms with E-state index in [4.69, 9.17) is 14.7 Å². The van der Waals surface area contributed by atoms with Gasteiger partial charge in [-0.3, -0.25) is 0 Å². The Morgan fingerprint density at radius 3 is 1.95 bits per heavy atom. The first kappa shape index (κ1) is 29.0. The molecular weight excluding hydrogens is 478 g/mol. The van der Waals surface area contributed by atoms with Crippen LogP contribution < -0.4 is 5.32 Å². The van der Waals surface area contributed by atoms with Gasteiger partial charge >= 0.3 is 7.12 Å². The number of allylic oxidation sites excluding steroid dienone is 1. The zero-order valence-electron chi connectivity index (χ0n) is 26.0. The van der Waals surface area contributed by atoms with Crippen LogP contribution in [0.2, 0.25) is 12.6 Å². The van der Waals surface area contributed by atoms with Gasteiger partial charge in [-0.05, 0) is 93.3 Å². The Labute approximate surface area is 239 Å². The molecule has 2 saturated heterocycles. The molecule has 2 N–H and O–H groups in total. The van der Waals surface area contributed by atoms with E-state index >= 15 is 0 Å². The smallest absolute Gasteiger partial charge is 0.400 e. The summed E-state index contributed by atoms with van der Waals surface area (Å²) >= 11 is 0. The number of hydrogen-bond acceptors (Lipinski definition) is 4. The van der Waals surface area contributed by atoms with E-state index in [1.165, 1.54) is 67.9 Å². The maximum atomic E-state index is 8.35. The summed E-state index contributed by atoms with van der Waals surface area (Å²) in [7, 11) is -0.314. The van der Waals surface area contributed by atoms with Crippen molar-refractivity contribution < 1.29 is 9.31 Å². The Morgan fingerprint density at radius 1 is 0.846 bits per heavy atom. The van der Waals surface area contributed by atoms with E-state index in [-0.39, 0.29) is 29.2 Å². The van der Waals surface area contributed by atoms with E-state index in [9.17, 15) is 0 Å². The van der Waals surface area contributed by atoms with Crippen molar-refractivity contribution in [2.75, 3.05) is 5.32 Å². The normalized spacial score (nSPS) is 26.8. The van der Waals surface area contributed by atoms with Gasteiger partial charge in [0.1, 0.15) is 0 Å². The number of anilines is 1. The fourth-order valence-corrected chi connectivity index (χ4v) is 7.38. The Morgan fingerprint density at radius 2 is 1.44 bits per heavy atom. The van der Waals surface area contributed by atoms with Gasteiger partial charge in [0, 0.05) is 23.5 Å². The average molecular weight is 530 g/mol. The molecule has 1 aromatic rings. The number of nitrogens with one attached hydrogen (secondary N) is 2. The molecule has 2 aliphatic carbocycles. The zero-order valence-corrected chi connectivity index (χ0v) is 26.0. The molecule has 4 fully saturated rings. The second kappa shape index (κ2) is 10.4. The van der Waals surface area contributed by atoms with Crippen molar-refractivity contribution in [2.24, 2.45) is 16.7 Å². The number of benzene rings is 1. The lowest BCUT2D eigenvalue weighted by atomic mass is 9.36. The van der Waals surface area contributed by atoms with Crippen molar-refractivity contribution in [1.82, 2.24) is 0 Å². The Kier molecular flexibility index (Phi) is 7.72. The minimum atomic E-state index is -0.361. The number of hydrogen-bond donors (Lipinski definition) is 2. The van der Waals surface area contributed by atoms with Crippen LogP contribution in [-0.4, -0.2) is 37.3 Å². The van der Waals surface area contributed by atoms with Crippen LogP contribution >= 0.6 is 0 Å². The maximum Gasteiger partial charge on any atom is 0.490 e. The molecule has 0 bridgehead atoms. The standard InChI is InChI=1S/C33H52B2N2O2/c1-30(2)21-34(22-31(30,3)4)28(29(23-13-12-14-23)35-38-32(5,6)33(7,8)39-35)24-17-18-27(25(19-24)20-36)37-26-15-10-9-11-16-26/h17-20,23,26,36-37H,9-16,21-22H2,1-8H3/b29-28-,36-20?. The molecule has 0 unspecified atom stereocenters. The fraction of sp³-hybridized carbons (Fsp3) is 0.727. The van der Waals surface area contributed by atoms with E-state index in [2.05, 4.69) is 78.9 Å². The highest BCUT2D eigenvalue weighted by Gasteiger charge is 2.56. The van der Waals surface area contributed by atoms with Gasteiger partial charge < -0.3 is 20.0 Å². The van der Waals surface area contributed by atoms with Gasteiger partial charge in [0.25, 0.3) is 0 Å². The van der Waals surface area contributed by atoms with Gasteiger partial charge in [0.05, 0.1) is 11.2 Å². The SMILES string of the molecule is CC1(C)CB(/C(=C(\B2OC(C)(C)C(C)(C)O2)C2CCC2)c2ccc(NC3CCCCC3)c(C=N)c2)CC1(C)C. The fourth-order valence-electron chi connectivity index (χ4n) is 7.38. The Bertz CT molecular complexity index is 1080. The van der Waals surface area contributed by atoms with Crippen molar-refractivity contribution in [3.05, 3.63) is 34.8 Å². The van der Waals surface area contributed by atoms with E-state index in [0.29, 0.717) is 18.7 Å². The van der Waals surface area contributed by atoms with Gasteiger partial charge in [-0.2, -0.15) is 0 Å². The molecule has 4 nitrogen and oxygen atoms in total. The van der Waals surface area contributed by atoms with Gasteiger partial charge in [0.2, 0.25) is 0 Å². The zero-order chi connectivity index (χ0) is 28.2. The molecule has 2 saturated carbocycles. The summed E-state index contributed by atoms with van der Waals surface area (Å²) in [5.74, 6) is 0.505. The highest BCUT2D eigenvalue weighted by molar-refractivity contribution is 6.83. The van der Waals surface area contributed by atoms with Gasteiger partial charge in [-0.15, -0.1) is 0 Å². The topological polar surface area (TPSA) is 54.3 Å². The summed E-state index contributed by atoms with van der Waals surface area (Å²) in [6.45, 7) is 18.9. The average Bonchev–Trinajstić information content (AvgIpc) is 3.17. The molecule has 39 heavy (non-hydrogen) atoms. The van der Waals surface area contributed by atoms with Gasteiger partial charge in [0.15, 0.2) is 6.71 Å². The molecule has 0 spiro atoms. The van der Waals surface area contributed by atoms with Crippen LogP contribution in [0.4, 0.5) is 5.69 Å². The third kappa shape index (κ3) is 5.42. The molecule has 0 aromatic heterocycles. The largest absolute Gasteiger partial charge is 0.490 e. The van der Waals surface area contributed by atoms with Crippen LogP contribution in [0.5, 0.6) is 0 Å². The van der Waals surface area contributed by atoms with Crippen LogP contribution in [0.3, 0.4) is 0 Å². The lowest BCUT2D eigenvalue weighted by Crippen LogP contribution is -2.41. The highest BCUT2D eigenvalue weighted by atomic mass is 16.7. The van der Waals surface area contributed by atoms with E-state index in [1.807, 2.05) is 0 Å². The van der Waals surface area contributed by atoms with E-state index < -0.39 is 0 Å². The van der Waals surface area contributed by atoms with Crippen molar-refractivity contribution in [2.45, 2.75) is 137 Å². The summed E-state index contributed by atoms with van der Waals surface area (Å²) in [5.41, 5.74) is 5.97. The van der Waals surface area contributed by atoms with Crippen molar-refractivity contribution >= 4 is 31.2 Å². The third-order valence-corrected chi connectivity index (χ3v) is 11.6. The molecule has 4 aliphatic rings. The molecule has 5 rings (SSSR count). The first-order chi connectivity index (χ1) is 18.2. The Balaban J connectivity index is 1.62. The predicted octanol–water partition coefficient (Wildman–Crippen LogP) is 8.71. The summed E-state index contributed by atoms with van der Waals surface area (Å²) in [5, 5.41) is 12.2. The number of rotatable bonds is 7. The van der Waals surface area contributed by atoms with Crippen molar-refractivity contribution in [1.29, 1.82) is 5.41 Å². The molecular formula is C33H52B2N2O2. The first-order valence-corrected chi connectivity index (χ1v) is 15.8. The second-order valence-electron chi connectivity index (χ2n) is 15.4. The van der Waals surface area contributed by atoms with Crippen LogP contribution in [-0.2, 0) is 9.31 Å².